The highest BCUT2D eigenvalue weighted by atomic mass is 32.1. The molecule has 0 saturated carbocycles. The maximum atomic E-state index is 11.9. The number of ether oxygens (including phenoxy) is 2. The topological polar surface area (TPSA) is 60.5 Å². The molecule has 0 fully saturated rings. The smallest absolute Gasteiger partial charge is 0.343 e. The zero-order chi connectivity index (χ0) is 12.8. The molecule has 1 N–H and O–H groups in total. The normalized spacial score (nSPS) is 12.2. The van der Waals surface area contributed by atoms with E-state index in [1.807, 2.05) is 13.8 Å². The monoisotopic (exact) mass is 258 g/mol. The highest BCUT2D eigenvalue weighted by Crippen LogP contribution is 2.24. The van der Waals surface area contributed by atoms with Crippen LogP contribution < -0.4 is 5.32 Å². The first-order valence-corrected chi connectivity index (χ1v) is 6.30. The lowest BCUT2D eigenvalue weighted by Gasteiger charge is -2.13. The highest BCUT2D eigenvalue weighted by Gasteiger charge is 2.21. The highest BCUT2D eigenvalue weighted by molar-refractivity contribution is 7.10. The van der Waals surface area contributed by atoms with Crippen LogP contribution in [0.15, 0.2) is 0 Å². The van der Waals surface area contributed by atoms with Crippen LogP contribution in [0.25, 0.3) is 0 Å². The van der Waals surface area contributed by atoms with Gasteiger partial charge in [-0.15, -0.1) is 0 Å². The molecule has 1 aromatic heterocycles. The second-order valence-corrected chi connectivity index (χ2v) is 4.37. The van der Waals surface area contributed by atoms with Crippen LogP contribution in [0.4, 0.5) is 5.00 Å². The van der Waals surface area contributed by atoms with Crippen LogP contribution >= 0.6 is 11.5 Å². The second kappa shape index (κ2) is 6.56. The molecule has 1 unspecified atom stereocenters. The Balaban J connectivity index is 2.66. The van der Waals surface area contributed by atoms with E-state index in [2.05, 4.69) is 9.69 Å². The van der Waals surface area contributed by atoms with Crippen molar-refractivity contribution in [3.63, 3.8) is 0 Å². The molecule has 17 heavy (non-hydrogen) atoms. The SMILES string of the molecule is CCOCC(C)OC(=O)c1c(C)nsc1NC. The summed E-state index contributed by atoms with van der Waals surface area (Å²) in [5, 5.41) is 3.67. The zero-order valence-electron chi connectivity index (χ0n) is 10.6. The minimum Gasteiger partial charge on any atom is -0.456 e. The molecule has 0 spiro atoms. The lowest BCUT2D eigenvalue weighted by atomic mass is 10.2. The predicted molar refractivity (Wildman–Crippen MR) is 67.8 cm³/mol. The molecule has 0 aliphatic heterocycles. The van der Waals surface area contributed by atoms with E-state index >= 15 is 0 Å². The first-order valence-electron chi connectivity index (χ1n) is 5.52. The van der Waals surface area contributed by atoms with Crippen molar-refractivity contribution >= 4 is 22.5 Å². The molecule has 96 valence electrons. The van der Waals surface area contributed by atoms with Gasteiger partial charge in [0.15, 0.2) is 0 Å². The third-order valence-corrected chi connectivity index (χ3v) is 3.11. The van der Waals surface area contributed by atoms with E-state index in [1.54, 1.807) is 14.0 Å². The van der Waals surface area contributed by atoms with Crippen LogP contribution in [0.5, 0.6) is 0 Å². The Hall–Kier alpha value is -1.14. The third-order valence-electron chi connectivity index (χ3n) is 2.16. The summed E-state index contributed by atoms with van der Waals surface area (Å²) in [6.07, 6.45) is -0.258. The summed E-state index contributed by atoms with van der Waals surface area (Å²) < 4.78 is 14.6. The number of hydrogen-bond acceptors (Lipinski definition) is 6. The van der Waals surface area contributed by atoms with Crippen LogP contribution in [0, 0.1) is 6.92 Å². The van der Waals surface area contributed by atoms with Gasteiger partial charge >= 0.3 is 5.97 Å². The predicted octanol–water partition coefficient (Wildman–Crippen LogP) is 2.08. The molecule has 6 heteroatoms. The van der Waals surface area contributed by atoms with E-state index < -0.39 is 0 Å². The zero-order valence-corrected chi connectivity index (χ0v) is 11.4. The van der Waals surface area contributed by atoms with E-state index in [-0.39, 0.29) is 12.1 Å². The van der Waals surface area contributed by atoms with Crippen molar-refractivity contribution in [2.24, 2.45) is 0 Å². The molecule has 1 heterocycles. The lowest BCUT2D eigenvalue weighted by Crippen LogP contribution is -2.21. The van der Waals surface area contributed by atoms with Crippen LogP contribution in [0.2, 0.25) is 0 Å². The summed E-state index contributed by atoms with van der Waals surface area (Å²) in [7, 11) is 1.76. The average Bonchev–Trinajstić information content (AvgIpc) is 2.67. The van der Waals surface area contributed by atoms with E-state index in [0.29, 0.717) is 24.5 Å². The Bertz CT molecular complexity index is 379. The quantitative estimate of drug-likeness (QED) is 0.792. The molecule has 0 saturated heterocycles. The minimum atomic E-state index is -0.354. The number of aryl methyl sites for hydroxylation is 1. The number of esters is 1. The van der Waals surface area contributed by atoms with Crippen molar-refractivity contribution in [2.45, 2.75) is 26.9 Å². The number of hydrogen-bond donors (Lipinski definition) is 1. The summed E-state index contributed by atoms with van der Waals surface area (Å²) in [5.41, 5.74) is 1.20. The van der Waals surface area contributed by atoms with Gasteiger partial charge in [0.2, 0.25) is 0 Å². The molecule has 5 nitrogen and oxygen atoms in total. The van der Waals surface area contributed by atoms with Gasteiger partial charge in [-0.25, -0.2) is 4.79 Å². The molecule has 0 aromatic carbocycles. The number of nitrogens with zero attached hydrogens (tertiary/aromatic N) is 1. The Morgan fingerprint density at radius 2 is 2.29 bits per heavy atom. The van der Waals surface area contributed by atoms with E-state index in [1.165, 1.54) is 11.5 Å². The molecular formula is C11H18N2O3S. The third kappa shape index (κ3) is 3.67. The number of aromatic nitrogens is 1. The number of nitrogens with one attached hydrogen (secondary N) is 1. The largest absolute Gasteiger partial charge is 0.456 e. The van der Waals surface area contributed by atoms with Crippen LogP contribution in [-0.4, -0.2) is 36.7 Å². The fourth-order valence-electron chi connectivity index (χ4n) is 1.34. The molecule has 0 radical (unpaired) electrons. The number of rotatable bonds is 6. The van der Waals surface area contributed by atoms with Gasteiger partial charge in [0, 0.05) is 13.7 Å². The lowest BCUT2D eigenvalue weighted by molar-refractivity contribution is 0.00444. The molecule has 0 aliphatic carbocycles. The fraction of sp³-hybridized carbons (Fsp3) is 0.636. The summed E-state index contributed by atoms with van der Waals surface area (Å²) in [4.78, 5) is 11.9. The van der Waals surface area contributed by atoms with Crippen LogP contribution in [-0.2, 0) is 9.47 Å². The molecule has 0 aliphatic rings. The maximum Gasteiger partial charge on any atom is 0.343 e. The molecule has 0 amide bonds. The minimum absolute atomic E-state index is 0.258. The standard InChI is InChI=1S/C11H18N2O3S/c1-5-15-6-7(2)16-11(14)9-8(3)13-17-10(9)12-4/h7,12H,5-6H2,1-4H3. The van der Waals surface area contributed by atoms with Crippen molar-refractivity contribution < 1.29 is 14.3 Å². The first kappa shape index (κ1) is 13.9. The van der Waals surface area contributed by atoms with Crippen LogP contribution in [0.3, 0.4) is 0 Å². The van der Waals surface area contributed by atoms with Crippen molar-refractivity contribution in [3.05, 3.63) is 11.3 Å². The first-order chi connectivity index (χ1) is 8.10. The Labute approximate surface area is 105 Å². The summed E-state index contributed by atoms with van der Waals surface area (Å²) in [6, 6.07) is 0. The summed E-state index contributed by atoms with van der Waals surface area (Å²) >= 11 is 1.26. The van der Waals surface area contributed by atoms with Gasteiger partial charge in [0.05, 0.1) is 12.3 Å². The molecule has 1 atom stereocenters. The van der Waals surface area contributed by atoms with Gasteiger partial charge in [0.1, 0.15) is 16.7 Å². The summed E-state index contributed by atoms with van der Waals surface area (Å²) in [5.74, 6) is -0.354. The van der Waals surface area contributed by atoms with Gasteiger partial charge in [-0.2, -0.15) is 4.37 Å². The molecule has 1 rings (SSSR count). The average molecular weight is 258 g/mol. The van der Waals surface area contributed by atoms with Crippen LogP contribution in [0.1, 0.15) is 29.9 Å². The maximum absolute atomic E-state index is 11.9. The summed E-state index contributed by atoms with van der Waals surface area (Å²) in [6.45, 7) is 6.53. The van der Waals surface area contributed by atoms with Crippen molar-refractivity contribution in [1.82, 2.24) is 4.37 Å². The Kier molecular flexibility index (Phi) is 5.37. The fourth-order valence-corrected chi connectivity index (χ4v) is 2.07. The van der Waals surface area contributed by atoms with E-state index in [9.17, 15) is 4.79 Å². The molecule has 1 aromatic rings. The number of carbonyl (C=O) groups excluding carboxylic acids is 1. The van der Waals surface area contributed by atoms with Gasteiger partial charge in [-0.3, -0.25) is 0 Å². The Morgan fingerprint density at radius 3 is 2.88 bits per heavy atom. The van der Waals surface area contributed by atoms with Gasteiger partial charge < -0.3 is 14.8 Å². The molecular weight excluding hydrogens is 240 g/mol. The van der Waals surface area contributed by atoms with Gasteiger partial charge in [-0.05, 0) is 32.3 Å². The number of carbonyl (C=O) groups is 1. The van der Waals surface area contributed by atoms with Gasteiger partial charge in [-0.1, -0.05) is 0 Å². The van der Waals surface area contributed by atoms with E-state index in [4.69, 9.17) is 9.47 Å². The molecule has 0 bridgehead atoms. The van der Waals surface area contributed by atoms with Crippen molar-refractivity contribution in [3.8, 4) is 0 Å². The van der Waals surface area contributed by atoms with Crippen molar-refractivity contribution in [1.29, 1.82) is 0 Å². The second-order valence-electron chi connectivity index (χ2n) is 3.60. The Morgan fingerprint density at radius 1 is 1.59 bits per heavy atom. The van der Waals surface area contributed by atoms with Gasteiger partial charge in [0.25, 0.3) is 0 Å². The van der Waals surface area contributed by atoms with E-state index in [0.717, 1.165) is 5.00 Å². The number of anilines is 1. The van der Waals surface area contributed by atoms with Crippen molar-refractivity contribution in [2.75, 3.05) is 25.6 Å².